The molecule has 116 valence electrons. The highest BCUT2D eigenvalue weighted by atomic mass is 32.2. The molecule has 1 saturated carbocycles. The van der Waals surface area contributed by atoms with Crippen LogP contribution in [0.3, 0.4) is 0 Å². The van der Waals surface area contributed by atoms with Crippen molar-refractivity contribution in [1.29, 1.82) is 0 Å². The molecule has 1 spiro atoms. The summed E-state index contributed by atoms with van der Waals surface area (Å²) in [6.45, 7) is 0.506. The highest BCUT2D eigenvalue weighted by Gasteiger charge is 2.57. The number of sulfonamides is 1. The second-order valence-corrected chi connectivity index (χ2v) is 8.18. The molecule has 2 unspecified atom stereocenters. The fourth-order valence-corrected chi connectivity index (χ4v) is 4.90. The van der Waals surface area contributed by atoms with Gasteiger partial charge in [0.05, 0.1) is 6.20 Å². The van der Waals surface area contributed by atoms with Crippen LogP contribution in [0.25, 0.3) is 0 Å². The Kier molecular flexibility index (Phi) is 2.96. The zero-order valence-corrected chi connectivity index (χ0v) is 13.3. The second kappa shape index (κ2) is 4.67. The molecule has 1 aromatic carbocycles. The van der Waals surface area contributed by atoms with Crippen LogP contribution in [0, 0.1) is 5.92 Å². The van der Waals surface area contributed by atoms with E-state index in [1.165, 1.54) is 28.2 Å². The standard InChI is InChI=1S/C16H19N3O2S/c1-19-11-14(10-17-19)22(20,21)18-9-13-8-16(13)7-6-12-4-2-3-5-15(12)16/h2-5,10-11,13,18H,6-9H2,1H3. The summed E-state index contributed by atoms with van der Waals surface area (Å²) in [6, 6.07) is 8.57. The first-order valence-corrected chi connectivity index (χ1v) is 9.06. The molecule has 2 atom stereocenters. The van der Waals surface area contributed by atoms with E-state index in [9.17, 15) is 8.42 Å². The molecule has 0 saturated heterocycles. The van der Waals surface area contributed by atoms with Crippen molar-refractivity contribution in [1.82, 2.24) is 14.5 Å². The summed E-state index contributed by atoms with van der Waals surface area (Å²) in [5.74, 6) is 0.405. The van der Waals surface area contributed by atoms with Gasteiger partial charge in [-0.1, -0.05) is 24.3 Å². The summed E-state index contributed by atoms with van der Waals surface area (Å²) >= 11 is 0. The number of aryl methyl sites for hydroxylation is 2. The van der Waals surface area contributed by atoms with Crippen LogP contribution in [0.1, 0.15) is 24.0 Å². The van der Waals surface area contributed by atoms with E-state index in [1.54, 1.807) is 7.05 Å². The number of benzene rings is 1. The lowest BCUT2D eigenvalue weighted by Gasteiger charge is -2.12. The smallest absolute Gasteiger partial charge is 0.243 e. The topological polar surface area (TPSA) is 64.0 Å². The third kappa shape index (κ3) is 2.09. The summed E-state index contributed by atoms with van der Waals surface area (Å²) in [5.41, 5.74) is 3.08. The number of hydrogen-bond donors (Lipinski definition) is 1. The van der Waals surface area contributed by atoms with Crippen LogP contribution in [0.4, 0.5) is 0 Å². The first kappa shape index (κ1) is 14.0. The van der Waals surface area contributed by atoms with Crippen LogP contribution in [-0.4, -0.2) is 24.7 Å². The third-order valence-corrected chi connectivity index (χ3v) is 6.52. The zero-order chi connectivity index (χ0) is 15.4. The van der Waals surface area contributed by atoms with Gasteiger partial charge in [-0.3, -0.25) is 4.68 Å². The van der Waals surface area contributed by atoms with Crippen LogP contribution in [0.5, 0.6) is 0 Å². The van der Waals surface area contributed by atoms with E-state index < -0.39 is 10.0 Å². The van der Waals surface area contributed by atoms with Gasteiger partial charge in [0.2, 0.25) is 10.0 Å². The van der Waals surface area contributed by atoms with Gasteiger partial charge < -0.3 is 0 Å². The molecule has 2 aliphatic rings. The van der Waals surface area contributed by atoms with Crippen molar-refractivity contribution in [2.24, 2.45) is 13.0 Å². The third-order valence-electron chi connectivity index (χ3n) is 5.14. The van der Waals surface area contributed by atoms with Gasteiger partial charge in [-0.25, -0.2) is 13.1 Å². The maximum absolute atomic E-state index is 12.3. The Labute approximate surface area is 130 Å². The van der Waals surface area contributed by atoms with Crippen molar-refractivity contribution < 1.29 is 8.42 Å². The molecular formula is C16H19N3O2S. The van der Waals surface area contributed by atoms with Crippen LogP contribution < -0.4 is 4.72 Å². The van der Waals surface area contributed by atoms with E-state index >= 15 is 0 Å². The van der Waals surface area contributed by atoms with E-state index in [1.807, 2.05) is 0 Å². The fourth-order valence-electron chi connectivity index (χ4n) is 3.83. The van der Waals surface area contributed by atoms with Crippen LogP contribution >= 0.6 is 0 Å². The summed E-state index contributed by atoms with van der Waals surface area (Å²) < 4.78 is 28.8. The highest BCUT2D eigenvalue weighted by molar-refractivity contribution is 7.89. The molecule has 0 bridgehead atoms. The normalized spacial score (nSPS) is 26.3. The number of rotatable bonds is 4. The number of aromatic nitrogens is 2. The number of nitrogens with zero attached hydrogens (tertiary/aromatic N) is 2. The van der Waals surface area contributed by atoms with Gasteiger partial charge >= 0.3 is 0 Å². The van der Waals surface area contributed by atoms with Crippen LogP contribution in [-0.2, 0) is 28.9 Å². The molecule has 1 N–H and O–H groups in total. The van der Waals surface area contributed by atoms with Crippen LogP contribution in [0.15, 0.2) is 41.6 Å². The molecule has 2 aliphatic carbocycles. The van der Waals surface area contributed by atoms with Gasteiger partial charge in [0.1, 0.15) is 4.90 Å². The first-order chi connectivity index (χ1) is 10.5. The first-order valence-electron chi connectivity index (χ1n) is 7.58. The molecule has 2 aromatic rings. The van der Waals surface area contributed by atoms with Crippen molar-refractivity contribution in [2.75, 3.05) is 6.54 Å². The SMILES string of the molecule is Cn1cc(S(=O)(=O)NCC2CC23CCc2ccccc23)cn1. The molecule has 22 heavy (non-hydrogen) atoms. The molecule has 0 amide bonds. The minimum atomic E-state index is -3.45. The Morgan fingerprint density at radius 2 is 2.23 bits per heavy atom. The summed E-state index contributed by atoms with van der Waals surface area (Å²) in [4.78, 5) is 0.233. The van der Waals surface area contributed by atoms with E-state index in [-0.39, 0.29) is 10.3 Å². The average Bonchev–Trinajstić information content (AvgIpc) is 2.81. The number of nitrogens with one attached hydrogen (secondary N) is 1. The second-order valence-electron chi connectivity index (χ2n) is 6.42. The lowest BCUT2D eigenvalue weighted by molar-refractivity contribution is 0.557. The minimum Gasteiger partial charge on any atom is -0.274 e. The molecule has 1 heterocycles. The molecular weight excluding hydrogens is 298 g/mol. The largest absolute Gasteiger partial charge is 0.274 e. The Bertz CT molecular complexity index is 827. The predicted molar refractivity (Wildman–Crippen MR) is 82.9 cm³/mol. The maximum Gasteiger partial charge on any atom is 0.243 e. The zero-order valence-electron chi connectivity index (χ0n) is 12.5. The monoisotopic (exact) mass is 317 g/mol. The fraction of sp³-hybridized carbons (Fsp3) is 0.438. The van der Waals surface area contributed by atoms with Crippen molar-refractivity contribution >= 4 is 10.0 Å². The van der Waals surface area contributed by atoms with E-state index in [4.69, 9.17) is 0 Å². The van der Waals surface area contributed by atoms with Gasteiger partial charge in [0.25, 0.3) is 0 Å². The van der Waals surface area contributed by atoms with Crippen LogP contribution in [0.2, 0.25) is 0 Å². The average molecular weight is 317 g/mol. The van der Waals surface area contributed by atoms with Crippen molar-refractivity contribution in [3.63, 3.8) is 0 Å². The minimum absolute atomic E-state index is 0.216. The Balaban J connectivity index is 1.47. The van der Waals surface area contributed by atoms with Gasteiger partial charge in [0, 0.05) is 25.2 Å². The Morgan fingerprint density at radius 1 is 1.41 bits per heavy atom. The maximum atomic E-state index is 12.3. The molecule has 4 rings (SSSR count). The molecule has 1 fully saturated rings. The van der Waals surface area contributed by atoms with Gasteiger partial charge in [-0.05, 0) is 36.3 Å². The van der Waals surface area contributed by atoms with Crippen molar-refractivity contribution in [3.8, 4) is 0 Å². The molecule has 5 nitrogen and oxygen atoms in total. The molecule has 0 aliphatic heterocycles. The van der Waals surface area contributed by atoms with E-state index in [0.717, 1.165) is 19.3 Å². The Morgan fingerprint density at radius 3 is 3.00 bits per heavy atom. The van der Waals surface area contributed by atoms with Gasteiger partial charge in [-0.15, -0.1) is 0 Å². The predicted octanol–water partition coefficient (Wildman–Crippen LogP) is 1.60. The van der Waals surface area contributed by atoms with Crippen molar-refractivity contribution in [2.45, 2.75) is 29.6 Å². The van der Waals surface area contributed by atoms with E-state index in [0.29, 0.717) is 12.5 Å². The summed E-state index contributed by atoms with van der Waals surface area (Å²) in [7, 11) is -1.74. The van der Waals surface area contributed by atoms with Gasteiger partial charge in [0.15, 0.2) is 0 Å². The van der Waals surface area contributed by atoms with Gasteiger partial charge in [-0.2, -0.15) is 5.10 Å². The lowest BCUT2D eigenvalue weighted by Crippen LogP contribution is -2.27. The summed E-state index contributed by atoms with van der Waals surface area (Å²) in [6.07, 6.45) is 6.25. The Hall–Kier alpha value is -1.66. The number of hydrogen-bond acceptors (Lipinski definition) is 3. The lowest BCUT2D eigenvalue weighted by atomic mass is 9.95. The molecule has 1 aromatic heterocycles. The highest BCUT2D eigenvalue weighted by Crippen LogP contribution is 2.61. The number of fused-ring (bicyclic) bond motifs is 2. The summed E-state index contributed by atoms with van der Waals surface area (Å²) in [5, 5.41) is 3.92. The van der Waals surface area contributed by atoms with Crippen molar-refractivity contribution in [3.05, 3.63) is 47.8 Å². The molecule has 6 heteroatoms. The molecule has 0 radical (unpaired) electrons. The quantitative estimate of drug-likeness (QED) is 0.931. The van der Waals surface area contributed by atoms with E-state index in [2.05, 4.69) is 34.1 Å².